The number of hydrogen-bond acceptors (Lipinski definition) is 5. The largest absolute Gasteiger partial charge is 0.416 e. The summed E-state index contributed by atoms with van der Waals surface area (Å²) in [5.41, 5.74) is 2.73. The van der Waals surface area contributed by atoms with Crippen LogP contribution in [0.15, 0.2) is 54.9 Å². The molecule has 7 nitrogen and oxygen atoms in total. The van der Waals surface area contributed by atoms with E-state index in [1.807, 2.05) is 18.2 Å². The highest BCUT2D eigenvalue weighted by molar-refractivity contribution is 6.38. The number of nitrogens with zero attached hydrogens (tertiary/aromatic N) is 2. The number of aromatic amines is 1. The number of likely N-dealkylation sites (tertiary alicyclic amines) is 1. The summed E-state index contributed by atoms with van der Waals surface area (Å²) in [5.74, 6) is 0.0736. The van der Waals surface area contributed by atoms with Gasteiger partial charge in [0, 0.05) is 67.7 Å². The second kappa shape index (κ2) is 10.4. The molecule has 0 spiro atoms. The van der Waals surface area contributed by atoms with Crippen LogP contribution < -0.4 is 10.6 Å². The van der Waals surface area contributed by atoms with Gasteiger partial charge >= 0.3 is 6.18 Å². The Morgan fingerprint density at radius 1 is 1.16 bits per heavy atom. The van der Waals surface area contributed by atoms with Gasteiger partial charge in [-0.3, -0.25) is 4.79 Å². The van der Waals surface area contributed by atoms with Crippen molar-refractivity contribution in [3.8, 4) is 0 Å². The number of halogens is 3. The van der Waals surface area contributed by atoms with E-state index in [0.29, 0.717) is 39.8 Å². The van der Waals surface area contributed by atoms with Gasteiger partial charge in [0.1, 0.15) is 5.82 Å². The minimum absolute atomic E-state index is 0.300. The van der Waals surface area contributed by atoms with Crippen LogP contribution in [0.5, 0.6) is 0 Å². The molecule has 0 saturated carbocycles. The number of rotatable bonds is 7. The van der Waals surface area contributed by atoms with Gasteiger partial charge in [-0.25, -0.2) is 4.98 Å². The molecule has 3 aromatic rings. The SMILES string of the molecule is COCCN1CCC(Nc2ccc3c(c2)C(=C(c2ccc(C(F)(F)F)cc2)c2ncc[nH]2)C(=O)N3)CC1. The van der Waals surface area contributed by atoms with Gasteiger partial charge in [-0.1, -0.05) is 12.1 Å². The van der Waals surface area contributed by atoms with E-state index in [4.69, 9.17) is 4.74 Å². The van der Waals surface area contributed by atoms with E-state index in [1.165, 1.54) is 12.1 Å². The normalized spacial score (nSPS) is 18.0. The number of fused-ring (bicyclic) bond motifs is 1. The summed E-state index contributed by atoms with van der Waals surface area (Å²) in [6.45, 7) is 3.60. The molecule has 194 valence electrons. The number of alkyl halides is 3. The number of aromatic nitrogens is 2. The lowest BCUT2D eigenvalue weighted by Gasteiger charge is -2.32. The summed E-state index contributed by atoms with van der Waals surface area (Å²) in [6.07, 6.45) is 0.692. The van der Waals surface area contributed by atoms with Gasteiger partial charge in [-0.05, 0) is 48.7 Å². The van der Waals surface area contributed by atoms with E-state index >= 15 is 0 Å². The number of nitrogens with one attached hydrogen (secondary N) is 3. The minimum Gasteiger partial charge on any atom is -0.383 e. The third-order valence-corrected chi connectivity index (χ3v) is 6.82. The Morgan fingerprint density at radius 3 is 2.57 bits per heavy atom. The number of methoxy groups -OCH3 is 1. The van der Waals surface area contributed by atoms with Crippen molar-refractivity contribution in [3.05, 3.63) is 77.4 Å². The van der Waals surface area contributed by atoms with Gasteiger partial charge in [-0.15, -0.1) is 0 Å². The number of carbonyl (C=O) groups is 1. The fourth-order valence-electron chi connectivity index (χ4n) is 4.89. The standard InChI is InChI=1S/C27H28F3N5O2/c1-37-15-14-35-12-8-19(9-13-35)33-20-6-7-22-21(16-20)24(26(36)34-22)23(25-31-10-11-32-25)17-2-4-18(5-3-17)27(28,29)30/h2-7,10-11,16,19,33H,8-9,12-15H2,1H3,(H,31,32)(H,34,36). The summed E-state index contributed by atoms with van der Waals surface area (Å²) < 4.78 is 44.6. The molecule has 2 aromatic carbocycles. The highest BCUT2D eigenvalue weighted by Gasteiger charge is 2.32. The van der Waals surface area contributed by atoms with Gasteiger partial charge in [0.05, 0.1) is 17.7 Å². The van der Waals surface area contributed by atoms with Crippen molar-refractivity contribution in [2.75, 3.05) is 44.0 Å². The summed E-state index contributed by atoms with van der Waals surface area (Å²) >= 11 is 0. The van der Waals surface area contributed by atoms with Crippen LogP contribution in [0.1, 0.15) is 35.4 Å². The first-order valence-electron chi connectivity index (χ1n) is 12.2. The maximum Gasteiger partial charge on any atom is 0.416 e. The van der Waals surface area contributed by atoms with Crippen LogP contribution in [0.2, 0.25) is 0 Å². The molecule has 5 rings (SSSR count). The Morgan fingerprint density at radius 2 is 1.92 bits per heavy atom. The smallest absolute Gasteiger partial charge is 0.383 e. The van der Waals surface area contributed by atoms with Crippen molar-refractivity contribution < 1.29 is 22.7 Å². The van der Waals surface area contributed by atoms with Crippen molar-refractivity contribution in [2.24, 2.45) is 0 Å². The van der Waals surface area contributed by atoms with Crippen molar-refractivity contribution in [1.29, 1.82) is 0 Å². The number of hydrogen-bond donors (Lipinski definition) is 3. The monoisotopic (exact) mass is 511 g/mol. The molecule has 3 heterocycles. The molecule has 0 radical (unpaired) electrons. The first-order valence-corrected chi connectivity index (χ1v) is 12.2. The number of H-pyrrole nitrogens is 1. The topological polar surface area (TPSA) is 82.3 Å². The number of ether oxygens (including phenoxy) is 1. The van der Waals surface area contributed by atoms with Gasteiger partial charge in [-0.2, -0.15) is 13.2 Å². The van der Waals surface area contributed by atoms with Crippen LogP contribution in [0.25, 0.3) is 11.1 Å². The summed E-state index contributed by atoms with van der Waals surface area (Å²) in [4.78, 5) is 22.9. The molecule has 37 heavy (non-hydrogen) atoms. The van der Waals surface area contributed by atoms with Crippen molar-refractivity contribution in [1.82, 2.24) is 14.9 Å². The molecular weight excluding hydrogens is 483 g/mol. The number of anilines is 2. The molecule has 0 atom stereocenters. The summed E-state index contributed by atoms with van der Waals surface area (Å²) in [5, 5.41) is 6.48. The quantitative estimate of drug-likeness (QED) is 0.395. The number of amides is 1. The second-order valence-corrected chi connectivity index (χ2v) is 9.23. The predicted octanol–water partition coefficient (Wildman–Crippen LogP) is 4.86. The number of imidazole rings is 1. The van der Waals surface area contributed by atoms with E-state index in [9.17, 15) is 18.0 Å². The zero-order valence-electron chi connectivity index (χ0n) is 20.4. The first kappa shape index (κ1) is 25.0. The molecule has 1 saturated heterocycles. The lowest BCUT2D eigenvalue weighted by atomic mass is 9.93. The van der Waals surface area contributed by atoms with E-state index in [2.05, 4.69) is 25.5 Å². The van der Waals surface area contributed by atoms with Gasteiger partial charge in [0.2, 0.25) is 0 Å². The molecule has 3 N–H and O–H groups in total. The third kappa shape index (κ3) is 5.40. The number of benzene rings is 2. The zero-order valence-corrected chi connectivity index (χ0v) is 20.4. The molecule has 2 aliphatic heterocycles. The zero-order chi connectivity index (χ0) is 26.0. The average Bonchev–Trinajstić information content (AvgIpc) is 3.52. The lowest BCUT2D eigenvalue weighted by Crippen LogP contribution is -2.40. The Balaban J connectivity index is 1.47. The van der Waals surface area contributed by atoms with E-state index in [-0.39, 0.29) is 5.91 Å². The van der Waals surface area contributed by atoms with Gasteiger partial charge in [0.25, 0.3) is 5.91 Å². The minimum atomic E-state index is -4.45. The molecular formula is C27H28F3N5O2. The lowest BCUT2D eigenvalue weighted by molar-refractivity contribution is -0.137. The maximum atomic E-state index is 13.2. The van der Waals surface area contributed by atoms with Crippen molar-refractivity contribution >= 4 is 28.4 Å². The van der Waals surface area contributed by atoms with Crippen molar-refractivity contribution in [2.45, 2.75) is 25.1 Å². The number of carbonyl (C=O) groups excluding carboxylic acids is 1. The molecule has 0 unspecified atom stereocenters. The van der Waals surface area contributed by atoms with E-state index < -0.39 is 11.7 Å². The molecule has 10 heteroatoms. The molecule has 0 bridgehead atoms. The van der Waals surface area contributed by atoms with Gasteiger partial charge < -0.3 is 25.3 Å². The molecule has 0 aliphatic carbocycles. The number of piperidine rings is 1. The Bertz CT molecular complexity index is 1280. The maximum absolute atomic E-state index is 13.2. The van der Waals surface area contributed by atoms with Crippen LogP contribution in [0, 0.1) is 0 Å². The van der Waals surface area contributed by atoms with Crippen LogP contribution in [0.3, 0.4) is 0 Å². The average molecular weight is 512 g/mol. The van der Waals surface area contributed by atoms with Crippen LogP contribution in [0.4, 0.5) is 24.5 Å². The van der Waals surface area contributed by atoms with Crippen molar-refractivity contribution in [3.63, 3.8) is 0 Å². The molecule has 1 amide bonds. The fraction of sp³-hybridized carbons (Fsp3) is 0.333. The summed E-state index contributed by atoms with van der Waals surface area (Å²) in [6, 6.07) is 10.8. The Kier molecular flexibility index (Phi) is 7.03. The van der Waals surface area contributed by atoms with Gasteiger partial charge in [0.15, 0.2) is 0 Å². The predicted molar refractivity (Wildman–Crippen MR) is 136 cm³/mol. The highest BCUT2D eigenvalue weighted by Crippen LogP contribution is 2.41. The molecule has 2 aliphatic rings. The molecule has 1 aromatic heterocycles. The van der Waals surface area contributed by atoms with Crippen LogP contribution in [-0.4, -0.2) is 60.2 Å². The van der Waals surface area contributed by atoms with Crippen LogP contribution in [-0.2, 0) is 15.7 Å². The Labute approximate surface area is 212 Å². The summed E-state index contributed by atoms with van der Waals surface area (Å²) in [7, 11) is 1.71. The fourth-order valence-corrected chi connectivity index (χ4v) is 4.89. The second-order valence-electron chi connectivity index (χ2n) is 9.23. The third-order valence-electron chi connectivity index (χ3n) is 6.82. The Hall–Kier alpha value is -3.63. The highest BCUT2D eigenvalue weighted by atomic mass is 19.4. The van der Waals surface area contributed by atoms with E-state index in [1.54, 1.807) is 19.5 Å². The van der Waals surface area contributed by atoms with E-state index in [0.717, 1.165) is 56.9 Å². The first-order chi connectivity index (χ1) is 17.8. The van der Waals surface area contributed by atoms with Crippen LogP contribution >= 0.6 is 0 Å². The molecule has 1 fully saturated rings.